The predicted molar refractivity (Wildman–Crippen MR) is 65.8 cm³/mol. The van der Waals surface area contributed by atoms with Gasteiger partial charge in [0.05, 0.1) is 11.3 Å². The summed E-state index contributed by atoms with van der Waals surface area (Å²) >= 11 is 4.74. The van der Waals surface area contributed by atoms with E-state index in [0.29, 0.717) is 12.1 Å². The van der Waals surface area contributed by atoms with Gasteiger partial charge in [-0.15, -0.1) is 0 Å². The van der Waals surface area contributed by atoms with E-state index in [0.717, 1.165) is 6.42 Å². The van der Waals surface area contributed by atoms with Crippen LogP contribution in [-0.4, -0.2) is 10.9 Å². The Labute approximate surface area is 98.8 Å². The van der Waals surface area contributed by atoms with E-state index in [1.165, 1.54) is 12.1 Å². The van der Waals surface area contributed by atoms with Crippen LogP contribution in [0.15, 0.2) is 18.2 Å². The molecule has 86 valence electrons. The topological polar surface area (TPSA) is 55.1 Å². The predicted octanol–water partition coefficient (Wildman–Crippen LogP) is 2.20. The van der Waals surface area contributed by atoms with Gasteiger partial charge in [0.2, 0.25) is 5.91 Å². The average molecular weight is 240 g/mol. The van der Waals surface area contributed by atoms with Crippen molar-refractivity contribution in [2.75, 3.05) is 5.32 Å². The molecule has 0 heterocycles. The molecule has 0 aliphatic carbocycles. The first kappa shape index (κ1) is 12.6. The summed E-state index contributed by atoms with van der Waals surface area (Å²) in [5.74, 6) is -0.701. The van der Waals surface area contributed by atoms with Gasteiger partial charge in [0, 0.05) is 6.42 Å². The highest BCUT2D eigenvalue weighted by Crippen LogP contribution is 2.19. The minimum Gasteiger partial charge on any atom is -0.389 e. The highest BCUT2D eigenvalue weighted by atomic mass is 32.1. The molecule has 5 heteroatoms. The lowest BCUT2D eigenvalue weighted by atomic mass is 10.1. The van der Waals surface area contributed by atoms with Gasteiger partial charge in [-0.3, -0.25) is 4.79 Å². The molecule has 0 aliphatic rings. The molecule has 0 spiro atoms. The number of halogens is 1. The lowest BCUT2D eigenvalue weighted by Gasteiger charge is -2.10. The third-order valence-electron chi connectivity index (χ3n) is 2.01. The first-order chi connectivity index (χ1) is 7.56. The SMILES string of the molecule is CCCC(=O)Nc1cccc(F)c1C(N)=S. The Morgan fingerprint density at radius 2 is 2.25 bits per heavy atom. The number of carbonyl (C=O) groups excluding carboxylic acids is 1. The van der Waals surface area contributed by atoms with Gasteiger partial charge in [0.1, 0.15) is 10.8 Å². The second kappa shape index (κ2) is 5.55. The molecule has 3 nitrogen and oxygen atoms in total. The van der Waals surface area contributed by atoms with E-state index in [4.69, 9.17) is 18.0 Å². The molecule has 16 heavy (non-hydrogen) atoms. The highest BCUT2D eigenvalue weighted by molar-refractivity contribution is 7.80. The van der Waals surface area contributed by atoms with E-state index < -0.39 is 5.82 Å². The molecule has 0 radical (unpaired) electrons. The van der Waals surface area contributed by atoms with E-state index in [1.807, 2.05) is 6.92 Å². The molecule has 3 N–H and O–H groups in total. The first-order valence-electron chi connectivity index (χ1n) is 4.94. The maximum absolute atomic E-state index is 13.4. The number of rotatable bonds is 4. The molecule has 0 bridgehead atoms. The Hall–Kier alpha value is -1.49. The smallest absolute Gasteiger partial charge is 0.224 e. The van der Waals surface area contributed by atoms with Crippen molar-refractivity contribution in [1.82, 2.24) is 0 Å². The lowest BCUT2D eigenvalue weighted by Crippen LogP contribution is -2.18. The van der Waals surface area contributed by atoms with Crippen LogP contribution in [0.4, 0.5) is 10.1 Å². The van der Waals surface area contributed by atoms with Crippen LogP contribution in [0.2, 0.25) is 0 Å². The normalized spacial score (nSPS) is 9.88. The second-order valence-electron chi connectivity index (χ2n) is 3.32. The lowest BCUT2D eigenvalue weighted by molar-refractivity contribution is -0.116. The number of nitrogens with two attached hydrogens (primary N) is 1. The fourth-order valence-corrected chi connectivity index (χ4v) is 1.53. The molecule has 0 fully saturated rings. The van der Waals surface area contributed by atoms with Crippen LogP contribution in [0.25, 0.3) is 0 Å². The van der Waals surface area contributed by atoms with Gasteiger partial charge in [-0.05, 0) is 18.6 Å². The summed E-state index contributed by atoms with van der Waals surface area (Å²) in [6.07, 6.45) is 1.11. The molecular formula is C11H13FN2OS. The maximum atomic E-state index is 13.4. The number of hydrogen-bond donors (Lipinski definition) is 2. The molecule has 0 aromatic heterocycles. The van der Waals surface area contributed by atoms with Crippen molar-refractivity contribution in [3.63, 3.8) is 0 Å². The summed E-state index contributed by atoms with van der Waals surface area (Å²) < 4.78 is 13.4. The zero-order valence-corrected chi connectivity index (χ0v) is 9.73. The van der Waals surface area contributed by atoms with Crippen molar-refractivity contribution in [2.24, 2.45) is 5.73 Å². The number of hydrogen-bond acceptors (Lipinski definition) is 2. The molecule has 1 aromatic rings. The minimum absolute atomic E-state index is 0.0649. The van der Waals surface area contributed by atoms with Crippen molar-refractivity contribution >= 4 is 28.8 Å². The number of thiocarbonyl (C=S) groups is 1. The van der Waals surface area contributed by atoms with E-state index in [2.05, 4.69) is 5.32 Å². The monoisotopic (exact) mass is 240 g/mol. The zero-order valence-electron chi connectivity index (χ0n) is 8.92. The molecular weight excluding hydrogens is 227 g/mol. The molecule has 0 aliphatic heterocycles. The summed E-state index contributed by atoms with van der Waals surface area (Å²) in [6, 6.07) is 4.33. The van der Waals surface area contributed by atoms with Gasteiger partial charge in [0.25, 0.3) is 0 Å². The largest absolute Gasteiger partial charge is 0.389 e. The summed E-state index contributed by atoms with van der Waals surface area (Å²) in [5.41, 5.74) is 5.82. The number of amides is 1. The quantitative estimate of drug-likeness (QED) is 0.793. The van der Waals surface area contributed by atoms with Crippen molar-refractivity contribution in [3.05, 3.63) is 29.6 Å². The Morgan fingerprint density at radius 3 is 2.81 bits per heavy atom. The molecule has 0 unspecified atom stereocenters. The molecule has 1 rings (SSSR count). The van der Waals surface area contributed by atoms with Gasteiger partial charge in [-0.2, -0.15) is 0 Å². The van der Waals surface area contributed by atoms with Gasteiger partial charge in [-0.25, -0.2) is 4.39 Å². The summed E-state index contributed by atoms with van der Waals surface area (Å²) in [5, 5.41) is 2.59. The standard InChI is InChI=1S/C11H13FN2OS/c1-2-4-9(15)14-8-6-3-5-7(12)10(8)11(13)16/h3,5-6H,2,4H2,1H3,(H2,13,16)(H,14,15). The Morgan fingerprint density at radius 1 is 1.56 bits per heavy atom. The Kier molecular flexibility index (Phi) is 4.37. The molecule has 0 saturated heterocycles. The summed E-state index contributed by atoms with van der Waals surface area (Å²) in [7, 11) is 0. The fourth-order valence-electron chi connectivity index (χ4n) is 1.32. The summed E-state index contributed by atoms with van der Waals surface area (Å²) in [6.45, 7) is 1.89. The van der Waals surface area contributed by atoms with Gasteiger partial charge in [-0.1, -0.05) is 25.2 Å². The van der Waals surface area contributed by atoms with Crippen LogP contribution in [0.1, 0.15) is 25.3 Å². The van der Waals surface area contributed by atoms with E-state index >= 15 is 0 Å². The molecule has 0 atom stereocenters. The van der Waals surface area contributed by atoms with Crippen LogP contribution < -0.4 is 11.1 Å². The van der Waals surface area contributed by atoms with Crippen molar-refractivity contribution in [3.8, 4) is 0 Å². The molecule has 1 amide bonds. The van der Waals surface area contributed by atoms with Crippen molar-refractivity contribution < 1.29 is 9.18 Å². The van der Waals surface area contributed by atoms with Crippen molar-refractivity contribution in [2.45, 2.75) is 19.8 Å². The minimum atomic E-state index is -0.526. The number of benzene rings is 1. The van der Waals surface area contributed by atoms with Gasteiger partial charge < -0.3 is 11.1 Å². The van der Waals surface area contributed by atoms with Crippen LogP contribution in [0.5, 0.6) is 0 Å². The fraction of sp³-hybridized carbons (Fsp3) is 0.273. The van der Waals surface area contributed by atoms with Crippen molar-refractivity contribution in [1.29, 1.82) is 0 Å². The third-order valence-corrected chi connectivity index (χ3v) is 2.22. The van der Waals surface area contributed by atoms with Crippen LogP contribution in [0.3, 0.4) is 0 Å². The third kappa shape index (κ3) is 3.00. The Bertz CT molecular complexity index is 420. The maximum Gasteiger partial charge on any atom is 0.224 e. The second-order valence-corrected chi connectivity index (χ2v) is 3.76. The number of anilines is 1. The van der Waals surface area contributed by atoms with Crippen LogP contribution >= 0.6 is 12.2 Å². The summed E-state index contributed by atoms with van der Waals surface area (Å²) in [4.78, 5) is 11.3. The van der Waals surface area contributed by atoms with Gasteiger partial charge in [0.15, 0.2) is 0 Å². The van der Waals surface area contributed by atoms with E-state index in [-0.39, 0.29) is 16.5 Å². The number of nitrogens with one attached hydrogen (secondary N) is 1. The van der Waals surface area contributed by atoms with Crippen LogP contribution in [0, 0.1) is 5.82 Å². The highest BCUT2D eigenvalue weighted by Gasteiger charge is 2.12. The number of carbonyl (C=O) groups is 1. The molecule has 0 saturated carbocycles. The first-order valence-corrected chi connectivity index (χ1v) is 5.35. The van der Waals surface area contributed by atoms with E-state index in [1.54, 1.807) is 6.07 Å². The van der Waals surface area contributed by atoms with Gasteiger partial charge >= 0.3 is 0 Å². The van der Waals surface area contributed by atoms with Crippen LogP contribution in [-0.2, 0) is 4.79 Å². The molecule has 1 aromatic carbocycles. The zero-order chi connectivity index (χ0) is 12.1. The van der Waals surface area contributed by atoms with E-state index in [9.17, 15) is 9.18 Å². The Balaban J connectivity index is 3.00. The average Bonchev–Trinajstić information content (AvgIpc) is 2.17.